The van der Waals surface area contributed by atoms with Gasteiger partial charge in [0, 0.05) is 37.7 Å². The van der Waals surface area contributed by atoms with E-state index in [4.69, 9.17) is 9.72 Å². The lowest BCUT2D eigenvalue weighted by Gasteiger charge is -2.39. The van der Waals surface area contributed by atoms with E-state index in [0.29, 0.717) is 45.7 Å². The van der Waals surface area contributed by atoms with Gasteiger partial charge in [0.15, 0.2) is 5.65 Å². The molecule has 3 aromatic rings. The number of carbonyl (C=O) groups excluding carboxylic acids is 1. The molecule has 0 N–H and O–H groups in total. The van der Waals surface area contributed by atoms with Gasteiger partial charge in [-0.25, -0.2) is 24.6 Å². The van der Waals surface area contributed by atoms with Crippen molar-refractivity contribution in [3.63, 3.8) is 0 Å². The smallest absolute Gasteiger partial charge is 0.377 e. The van der Waals surface area contributed by atoms with E-state index in [-0.39, 0.29) is 29.6 Å². The number of hydrogen-bond donors (Lipinski definition) is 0. The lowest BCUT2D eigenvalue weighted by atomic mass is 9.77. The molecule has 0 aromatic carbocycles. The van der Waals surface area contributed by atoms with E-state index < -0.39 is 12.0 Å². The number of anilines is 2. The predicted molar refractivity (Wildman–Crippen MR) is 113 cm³/mol. The fourth-order valence-corrected chi connectivity index (χ4v) is 4.88. The number of halogens is 3. The summed E-state index contributed by atoms with van der Waals surface area (Å²) >= 11 is 0. The summed E-state index contributed by atoms with van der Waals surface area (Å²) < 4.78 is 46.2. The molecule has 1 amide bonds. The Morgan fingerprint density at radius 2 is 1.85 bits per heavy atom. The molecule has 3 saturated heterocycles. The van der Waals surface area contributed by atoms with Crippen molar-refractivity contribution in [1.82, 2.24) is 29.7 Å². The molecule has 6 rings (SSSR count). The van der Waals surface area contributed by atoms with Crippen molar-refractivity contribution in [1.29, 1.82) is 0 Å². The van der Waals surface area contributed by atoms with E-state index in [1.54, 1.807) is 12.4 Å². The van der Waals surface area contributed by atoms with Crippen molar-refractivity contribution in [2.24, 2.45) is 5.41 Å². The first-order valence-corrected chi connectivity index (χ1v) is 11.0. The van der Waals surface area contributed by atoms with Crippen molar-refractivity contribution in [2.75, 3.05) is 42.6 Å². The van der Waals surface area contributed by atoms with Crippen LogP contribution < -0.4 is 9.80 Å². The lowest BCUT2D eigenvalue weighted by Crippen LogP contribution is -2.42. The molecule has 0 unspecified atom stereocenters. The van der Waals surface area contributed by atoms with E-state index in [9.17, 15) is 18.0 Å². The van der Waals surface area contributed by atoms with Crippen molar-refractivity contribution in [3.05, 3.63) is 30.5 Å². The highest BCUT2D eigenvalue weighted by atomic mass is 19.4. The number of ether oxygens (including phenoxy) is 1. The highest BCUT2D eigenvalue weighted by Crippen LogP contribution is 2.43. The van der Waals surface area contributed by atoms with Crippen LogP contribution >= 0.6 is 0 Å². The lowest BCUT2D eigenvalue weighted by molar-refractivity contribution is -0.145. The van der Waals surface area contributed by atoms with Crippen molar-refractivity contribution < 1.29 is 22.7 Å². The van der Waals surface area contributed by atoms with Crippen LogP contribution in [0.1, 0.15) is 31.1 Å². The topological polar surface area (TPSA) is 102 Å². The number of alkyl halides is 3. The monoisotopic (exact) mass is 474 g/mol. The number of fused-ring (bicyclic) bond motifs is 1. The van der Waals surface area contributed by atoms with E-state index in [0.717, 1.165) is 23.2 Å². The van der Waals surface area contributed by atoms with Gasteiger partial charge in [-0.15, -0.1) is 0 Å². The SMILES string of the molecule is O=C1CC2(CCN(c3cnc4cnn(C5COC5)c4n3)CC2)CN1c1ccnc(C(F)(F)F)n1. The summed E-state index contributed by atoms with van der Waals surface area (Å²) in [6.45, 7) is 2.89. The van der Waals surface area contributed by atoms with Gasteiger partial charge >= 0.3 is 6.18 Å². The van der Waals surface area contributed by atoms with Crippen LogP contribution in [0.5, 0.6) is 0 Å². The molecule has 34 heavy (non-hydrogen) atoms. The first kappa shape index (κ1) is 21.2. The fraction of sp³-hybridized carbons (Fsp3) is 0.524. The Balaban J connectivity index is 1.17. The van der Waals surface area contributed by atoms with Crippen LogP contribution in [0.15, 0.2) is 24.7 Å². The molecule has 3 aromatic heterocycles. The van der Waals surface area contributed by atoms with Crippen molar-refractivity contribution >= 4 is 28.7 Å². The maximum atomic E-state index is 13.0. The zero-order chi connectivity index (χ0) is 23.5. The molecular formula is C21H21F3N8O2. The molecule has 1 spiro atoms. The Hall–Kier alpha value is -3.35. The van der Waals surface area contributed by atoms with Gasteiger partial charge < -0.3 is 9.64 Å². The Kier molecular flexibility index (Phi) is 4.73. The summed E-state index contributed by atoms with van der Waals surface area (Å²) in [5.41, 5.74) is 1.14. The van der Waals surface area contributed by atoms with Gasteiger partial charge in [-0.05, 0) is 18.9 Å². The second kappa shape index (κ2) is 7.58. The second-order valence-electron chi connectivity index (χ2n) is 9.10. The quantitative estimate of drug-likeness (QED) is 0.570. The summed E-state index contributed by atoms with van der Waals surface area (Å²) in [6.07, 6.45) is 1.52. The van der Waals surface area contributed by atoms with Crippen molar-refractivity contribution in [2.45, 2.75) is 31.5 Å². The van der Waals surface area contributed by atoms with Crippen LogP contribution in [0, 0.1) is 5.41 Å². The number of hydrogen-bond acceptors (Lipinski definition) is 8. The van der Waals surface area contributed by atoms with E-state index in [2.05, 4.69) is 25.0 Å². The molecule has 0 bridgehead atoms. The van der Waals surface area contributed by atoms with Gasteiger partial charge in [0.25, 0.3) is 0 Å². The average molecular weight is 474 g/mol. The summed E-state index contributed by atoms with van der Waals surface area (Å²) in [7, 11) is 0. The van der Waals surface area contributed by atoms with Crippen molar-refractivity contribution in [3.8, 4) is 0 Å². The number of nitrogens with zero attached hydrogens (tertiary/aromatic N) is 8. The molecule has 178 valence electrons. The minimum Gasteiger partial charge on any atom is -0.377 e. The van der Waals surface area contributed by atoms with Crippen LogP contribution in [0.2, 0.25) is 0 Å². The van der Waals surface area contributed by atoms with Gasteiger partial charge in [0.1, 0.15) is 23.2 Å². The zero-order valence-corrected chi connectivity index (χ0v) is 18.1. The minimum atomic E-state index is -4.66. The maximum absolute atomic E-state index is 13.0. The Morgan fingerprint density at radius 1 is 1.06 bits per heavy atom. The Bertz CT molecular complexity index is 1250. The Morgan fingerprint density at radius 3 is 2.56 bits per heavy atom. The van der Waals surface area contributed by atoms with Crippen LogP contribution in [0.3, 0.4) is 0 Å². The number of rotatable bonds is 3. The van der Waals surface area contributed by atoms with Gasteiger partial charge in [0.2, 0.25) is 11.7 Å². The van der Waals surface area contributed by atoms with Gasteiger partial charge in [0.05, 0.1) is 25.6 Å². The average Bonchev–Trinajstić information content (AvgIpc) is 3.33. The van der Waals surface area contributed by atoms with Gasteiger partial charge in [-0.3, -0.25) is 9.69 Å². The molecule has 3 aliphatic heterocycles. The molecule has 6 heterocycles. The molecular weight excluding hydrogens is 453 g/mol. The molecule has 3 aliphatic rings. The number of carbonyl (C=O) groups is 1. The highest BCUT2D eigenvalue weighted by molar-refractivity contribution is 5.95. The zero-order valence-electron chi connectivity index (χ0n) is 18.1. The first-order chi connectivity index (χ1) is 16.3. The Labute approximate surface area is 191 Å². The van der Waals surface area contributed by atoms with Gasteiger partial charge in [-0.1, -0.05) is 0 Å². The van der Waals surface area contributed by atoms with Crippen LogP contribution in [-0.4, -0.2) is 68.5 Å². The third-order valence-corrected chi connectivity index (χ3v) is 6.90. The molecule has 13 heteroatoms. The predicted octanol–water partition coefficient (Wildman–Crippen LogP) is 2.23. The normalized spacial score (nSPS) is 21.0. The minimum absolute atomic E-state index is 0.00353. The van der Waals surface area contributed by atoms with Crippen LogP contribution in [0.4, 0.5) is 24.8 Å². The third kappa shape index (κ3) is 3.54. The van der Waals surface area contributed by atoms with Crippen LogP contribution in [-0.2, 0) is 15.7 Å². The van der Waals surface area contributed by atoms with E-state index in [1.807, 2.05) is 4.68 Å². The summed E-state index contributed by atoms with van der Waals surface area (Å²) in [6, 6.07) is 1.52. The molecule has 0 saturated carbocycles. The molecule has 10 nitrogen and oxygen atoms in total. The standard InChI is InChI=1S/C21H21F3N8O2/c22-21(23,24)19-25-4-1-15(29-19)31-12-20(7-17(31)33)2-5-30(6-3-20)16-9-26-14-8-27-32(18(14)28-16)13-10-34-11-13/h1,4,8-9,13H,2-3,5-7,10-12H2. The maximum Gasteiger partial charge on any atom is 0.451 e. The fourth-order valence-electron chi connectivity index (χ4n) is 4.88. The third-order valence-electron chi connectivity index (χ3n) is 6.90. The van der Waals surface area contributed by atoms with E-state index in [1.165, 1.54) is 11.0 Å². The second-order valence-corrected chi connectivity index (χ2v) is 9.10. The largest absolute Gasteiger partial charge is 0.451 e. The van der Waals surface area contributed by atoms with E-state index >= 15 is 0 Å². The van der Waals surface area contributed by atoms with Crippen LogP contribution in [0.25, 0.3) is 11.2 Å². The summed E-state index contributed by atoms with van der Waals surface area (Å²) in [5, 5.41) is 4.40. The van der Waals surface area contributed by atoms with Gasteiger partial charge in [-0.2, -0.15) is 18.3 Å². The number of aromatic nitrogens is 6. The molecule has 3 fully saturated rings. The number of piperidine rings is 1. The summed E-state index contributed by atoms with van der Waals surface area (Å²) in [4.78, 5) is 32.4. The first-order valence-electron chi connectivity index (χ1n) is 11.0. The molecule has 0 radical (unpaired) electrons. The molecule has 0 aliphatic carbocycles. The molecule has 0 atom stereocenters. The number of amides is 1. The highest BCUT2D eigenvalue weighted by Gasteiger charge is 2.46. The summed E-state index contributed by atoms with van der Waals surface area (Å²) in [5.74, 6) is -0.712.